The van der Waals surface area contributed by atoms with Gasteiger partial charge in [-0.3, -0.25) is 14.4 Å². The van der Waals surface area contributed by atoms with Gasteiger partial charge in [-0.05, 0) is 30.5 Å². The molecule has 1 aromatic heterocycles. The lowest BCUT2D eigenvalue weighted by atomic mass is 9.94. The molecule has 0 spiro atoms. The number of hydrogen-bond acceptors (Lipinski definition) is 6. The average Bonchev–Trinajstić information content (AvgIpc) is 3.27. The van der Waals surface area contributed by atoms with E-state index in [1.54, 1.807) is 6.07 Å². The minimum absolute atomic E-state index is 0.180. The summed E-state index contributed by atoms with van der Waals surface area (Å²) in [5, 5.41) is 3.81. The summed E-state index contributed by atoms with van der Waals surface area (Å²) in [4.78, 5) is 40.6. The molecule has 4 rings (SSSR count). The van der Waals surface area contributed by atoms with Gasteiger partial charge in [0.1, 0.15) is 29.5 Å². The molecule has 31 heavy (non-hydrogen) atoms. The van der Waals surface area contributed by atoms with E-state index in [4.69, 9.17) is 4.84 Å². The monoisotopic (exact) mass is 431 g/mol. The molecule has 0 saturated carbocycles. The minimum Gasteiger partial charge on any atom is -0.356 e. The van der Waals surface area contributed by atoms with Crippen LogP contribution < -0.4 is 10.2 Å². The summed E-state index contributed by atoms with van der Waals surface area (Å²) in [7, 11) is 1.53. The van der Waals surface area contributed by atoms with Crippen LogP contribution in [-0.2, 0) is 9.63 Å². The van der Waals surface area contributed by atoms with Crippen molar-refractivity contribution in [3.63, 3.8) is 0 Å². The van der Waals surface area contributed by atoms with Crippen LogP contribution in [0.4, 0.5) is 14.6 Å². The topological polar surface area (TPSA) is 87.7 Å². The summed E-state index contributed by atoms with van der Waals surface area (Å²) < 4.78 is 27.3. The standard InChI is InChI=1S/C21H23F2N5O3/c1-24-20(29)17-11-19(26-12-25-17)27-5-2-13(3-6-27)21(30)28-18(4-7-31-28)14-8-15(22)10-16(23)9-14/h8-13,18H,2-7H2,1H3,(H,24,29). The van der Waals surface area contributed by atoms with E-state index in [0.29, 0.717) is 50.3 Å². The van der Waals surface area contributed by atoms with Crippen molar-refractivity contribution in [2.45, 2.75) is 25.3 Å². The summed E-state index contributed by atoms with van der Waals surface area (Å²) in [6, 6.07) is 4.41. The Kier molecular flexibility index (Phi) is 6.08. The number of nitrogens with zero attached hydrogens (tertiary/aromatic N) is 4. The number of rotatable bonds is 4. The van der Waals surface area contributed by atoms with Gasteiger partial charge >= 0.3 is 0 Å². The van der Waals surface area contributed by atoms with E-state index in [1.807, 2.05) is 4.90 Å². The van der Waals surface area contributed by atoms with Crippen LogP contribution in [-0.4, -0.2) is 53.6 Å². The molecular formula is C21H23F2N5O3. The summed E-state index contributed by atoms with van der Waals surface area (Å²) in [6.45, 7) is 1.47. The van der Waals surface area contributed by atoms with E-state index in [1.165, 1.54) is 30.6 Å². The highest BCUT2D eigenvalue weighted by Crippen LogP contribution is 2.34. The molecule has 10 heteroatoms. The maximum Gasteiger partial charge on any atom is 0.269 e. The summed E-state index contributed by atoms with van der Waals surface area (Å²) >= 11 is 0. The van der Waals surface area contributed by atoms with E-state index in [0.717, 1.165) is 6.07 Å². The van der Waals surface area contributed by atoms with Gasteiger partial charge in [-0.2, -0.15) is 0 Å². The minimum atomic E-state index is -0.677. The Balaban J connectivity index is 1.41. The molecule has 2 aliphatic heterocycles. The number of hydroxylamine groups is 2. The maximum atomic E-state index is 13.6. The molecule has 0 radical (unpaired) electrons. The van der Waals surface area contributed by atoms with Crippen molar-refractivity contribution in [1.82, 2.24) is 20.3 Å². The molecule has 1 aromatic carbocycles. The fourth-order valence-corrected chi connectivity index (χ4v) is 4.06. The van der Waals surface area contributed by atoms with Crippen LogP contribution in [0.3, 0.4) is 0 Å². The molecule has 0 aliphatic carbocycles. The third-order valence-electron chi connectivity index (χ3n) is 5.67. The van der Waals surface area contributed by atoms with Gasteiger partial charge in [-0.25, -0.2) is 23.8 Å². The molecule has 2 fully saturated rings. The number of nitrogens with one attached hydrogen (secondary N) is 1. The smallest absolute Gasteiger partial charge is 0.269 e. The summed E-state index contributed by atoms with van der Waals surface area (Å²) in [6.07, 6.45) is 2.97. The van der Waals surface area contributed by atoms with Crippen molar-refractivity contribution in [3.05, 3.63) is 53.5 Å². The van der Waals surface area contributed by atoms with Gasteiger partial charge in [0, 0.05) is 44.6 Å². The normalized spacial score (nSPS) is 19.5. The highest BCUT2D eigenvalue weighted by Gasteiger charge is 2.37. The third-order valence-corrected chi connectivity index (χ3v) is 5.67. The molecule has 8 nitrogen and oxygen atoms in total. The number of benzene rings is 1. The van der Waals surface area contributed by atoms with Crippen LogP contribution in [0.1, 0.15) is 41.4 Å². The van der Waals surface area contributed by atoms with Crippen molar-refractivity contribution in [2.75, 3.05) is 31.6 Å². The number of piperidine rings is 1. The second-order valence-electron chi connectivity index (χ2n) is 7.61. The maximum absolute atomic E-state index is 13.6. The van der Waals surface area contributed by atoms with Gasteiger partial charge in [-0.1, -0.05) is 0 Å². The van der Waals surface area contributed by atoms with Gasteiger partial charge in [-0.15, -0.1) is 0 Å². The molecule has 0 bridgehead atoms. The van der Waals surface area contributed by atoms with E-state index >= 15 is 0 Å². The van der Waals surface area contributed by atoms with Crippen LogP contribution >= 0.6 is 0 Å². The largest absolute Gasteiger partial charge is 0.356 e. The Hall–Kier alpha value is -3.14. The first-order chi connectivity index (χ1) is 15.0. The van der Waals surface area contributed by atoms with Gasteiger partial charge in [0.15, 0.2) is 0 Å². The molecule has 2 aromatic rings. The molecule has 2 amide bonds. The number of amides is 2. The number of hydrogen-bond donors (Lipinski definition) is 1. The molecule has 1 N–H and O–H groups in total. The van der Waals surface area contributed by atoms with Crippen molar-refractivity contribution >= 4 is 17.6 Å². The fourth-order valence-electron chi connectivity index (χ4n) is 4.06. The molecule has 1 unspecified atom stereocenters. The van der Waals surface area contributed by atoms with E-state index < -0.39 is 17.7 Å². The van der Waals surface area contributed by atoms with Crippen molar-refractivity contribution in [1.29, 1.82) is 0 Å². The highest BCUT2D eigenvalue weighted by molar-refractivity contribution is 5.92. The molecule has 1 atom stereocenters. The zero-order chi connectivity index (χ0) is 22.0. The highest BCUT2D eigenvalue weighted by atomic mass is 19.1. The van der Waals surface area contributed by atoms with Crippen molar-refractivity contribution in [2.24, 2.45) is 5.92 Å². The number of halogens is 2. The summed E-state index contributed by atoms with van der Waals surface area (Å²) in [5.74, 6) is -1.46. The first kappa shape index (κ1) is 21.1. The molecule has 3 heterocycles. The Morgan fingerprint density at radius 2 is 1.77 bits per heavy atom. The van der Waals surface area contributed by atoms with E-state index in [2.05, 4.69) is 15.3 Å². The van der Waals surface area contributed by atoms with Crippen LogP contribution in [0.25, 0.3) is 0 Å². The molecule has 164 valence electrons. The Morgan fingerprint density at radius 1 is 1.06 bits per heavy atom. The Bertz CT molecular complexity index is 961. The van der Waals surface area contributed by atoms with Crippen LogP contribution in [0.5, 0.6) is 0 Å². The summed E-state index contributed by atoms with van der Waals surface area (Å²) in [5.41, 5.74) is 0.671. The predicted molar refractivity (Wildman–Crippen MR) is 107 cm³/mol. The van der Waals surface area contributed by atoms with Gasteiger partial charge in [0.05, 0.1) is 12.6 Å². The number of carbonyl (C=O) groups excluding carboxylic acids is 2. The first-order valence-electron chi connectivity index (χ1n) is 10.2. The van der Waals surface area contributed by atoms with E-state index in [9.17, 15) is 18.4 Å². The zero-order valence-corrected chi connectivity index (χ0v) is 17.1. The average molecular weight is 431 g/mol. The lowest BCUT2D eigenvalue weighted by molar-refractivity contribution is -0.182. The number of anilines is 1. The number of aromatic nitrogens is 2. The SMILES string of the molecule is CNC(=O)c1cc(N2CCC(C(=O)N3OCCC3c3cc(F)cc(F)c3)CC2)ncn1. The van der Waals surface area contributed by atoms with Crippen molar-refractivity contribution < 1.29 is 23.2 Å². The predicted octanol–water partition coefficient (Wildman–Crippen LogP) is 2.24. The lowest BCUT2D eigenvalue weighted by Gasteiger charge is -2.34. The second kappa shape index (κ2) is 8.93. The fraction of sp³-hybridized carbons (Fsp3) is 0.429. The van der Waals surface area contributed by atoms with Gasteiger partial charge in [0.25, 0.3) is 5.91 Å². The van der Waals surface area contributed by atoms with Crippen LogP contribution in [0, 0.1) is 17.6 Å². The van der Waals surface area contributed by atoms with Crippen LogP contribution in [0.15, 0.2) is 30.6 Å². The zero-order valence-electron chi connectivity index (χ0n) is 17.1. The Labute approximate surface area is 178 Å². The van der Waals surface area contributed by atoms with Gasteiger partial charge in [0.2, 0.25) is 5.91 Å². The van der Waals surface area contributed by atoms with Gasteiger partial charge < -0.3 is 10.2 Å². The molecule has 2 saturated heterocycles. The van der Waals surface area contributed by atoms with Crippen molar-refractivity contribution in [3.8, 4) is 0 Å². The third kappa shape index (κ3) is 4.48. The Morgan fingerprint density at radius 3 is 2.45 bits per heavy atom. The number of carbonyl (C=O) groups is 2. The van der Waals surface area contributed by atoms with E-state index in [-0.39, 0.29) is 23.4 Å². The molecule has 2 aliphatic rings. The second-order valence-corrected chi connectivity index (χ2v) is 7.61. The first-order valence-corrected chi connectivity index (χ1v) is 10.2. The molecular weight excluding hydrogens is 408 g/mol. The van der Waals surface area contributed by atoms with Crippen LogP contribution in [0.2, 0.25) is 0 Å². The lowest BCUT2D eigenvalue weighted by Crippen LogP contribution is -2.42. The quantitative estimate of drug-likeness (QED) is 0.799.